The number of methoxy groups -OCH3 is 2. The van der Waals surface area contributed by atoms with E-state index < -0.39 is 0 Å². The van der Waals surface area contributed by atoms with Crippen molar-refractivity contribution in [3.63, 3.8) is 0 Å². The molecule has 3 aromatic rings. The first-order valence-electron chi connectivity index (χ1n) is 8.74. The lowest BCUT2D eigenvalue weighted by Gasteiger charge is -2.10. The quantitative estimate of drug-likeness (QED) is 0.653. The monoisotopic (exact) mass is 378 g/mol. The van der Waals surface area contributed by atoms with Crippen molar-refractivity contribution in [1.82, 2.24) is 9.97 Å². The van der Waals surface area contributed by atoms with Crippen molar-refractivity contribution in [2.45, 2.75) is 13.5 Å². The molecule has 1 heterocycles. The maximum absolute atomic E-state index is 12.4. The number of hydrogen-bond donors (Lipinski definition) is 2. The second-order valence-electron chi connectivity index (χ2n) is 6.15. The Morgan fingerprint density at radius 2 is 1.71 bits per heavy atom. The molecule has 7 heteroatoms. The third-order valence-corrected chi connectivity index (χ3v) is 4.12. The molecular weight excluding hydrogens is 356 g/mol. The van der Waals surface area contributed by atoms with Crippen LogP contribution in [0.5, 0.6) is 11.5 Å². The molecule has 0 unspecified atom stereocenters. The van der Waals surface area contributed by atoms with Crippen LogP contribution in [0.4, 0.5) is 11.5 Å². The Kier molecular flexibility index (Phi) is 6.06. The van der Waals surface area contributed by atoms with E-state index in [9.17, 15) is 4.79 Å². The molecule has 1 amide bonds. The second kappa shape index (κ2) is 8.85. The van der Waals surface area contributed by atoms with E-state index in [-0.39, 0.29) is 11.6 Å². The lowest BCUT2D eigenvalue weighted by molar-refractivity contribution is 0.102. The minimum Gasteiger partial charge on any atom is -0.493 e. The van der Waals surface area contributed by atoms with Gasteiger partial charge in [-0.25, -0.2) is 9.97 Å². The maximum atomic E-state index is 12.4. The summed E-state index contributed by atoms with van der Waals surface area (Å²) < 4.78 is 10.4. The predicted molar refractivity (Wildman–Crippen MR) is 108 cm³/mol. The third-order valence-electron chi connectivity index (χ3n) is 4.12. The molecule has 0 aliphatic rings. The number of hydrogen-bond acceptors (Lipinski definition) is 6. The van der Waals surface area contributed by atoms with Gasteiger partial charge in [0.1, 0.15) is 11.5 Å². The van der Waals surface area contributed by atoms with E-state index in [1.807, 2.05) is 0 Å². The number of nitrogens with one attached hydrogen (secondary N) is 2. The highest BCUT2D eigenvalue weighted by Gasteiger charge is 2.11. The van der Waals surface area contributed by atoms with Crippen LogP contribution in [0.15, 0.2) is 54.9 Å². The Hall–Kier alpha value is -3.61. The van der Waals surface area contributed by atoms with Gasteiger partial charge in [-0.1, -0.05) is 29.8 Å². The number of aryl methyl sites for hydroxylation is 1. The first-order valence-corrected chi connectivity index (χ1v) is 8.74. The highest BCUT2D eigenvalue weighted by Crippen LogP contribution is 2.29. The molecule has 144 valence electrons. The second-order valence-corrected chi connectivity index (χ2v) is 6.15. The van der Waals surface area contributed by atoms with Crippen molar-refractivity contribution < 1.29 is 14.3 Å². The first kappa shape index (κ1) is 19.2. The summed E-state index contributed by atoms with van der Waals surface area (Å²) in [5.41, 5.74) is 3.15. The smallest absolute Gasteiger partial charge is 0.275 e. The molecule has 28 heavy (non-hydrogen) atoms. The van der Waals surface area contributed by atoms with Crippen LogP contribution in [0.25, 0.3) is 0 Å². The van der Waals surface area contributed by atoms with Gasteiger partial charge in [0.15, 0.2) is 11.5 Å². The van der Waals surface area contributed by atoms with Crippen molar-refractivity contribution in [2.75, 3.05) is 24.9 Å². The number of nitrogens with zero attached hydrogens (tertiary/aromatic N) is 2. The lowest BCUT2D eigenvalue weighted by Crippen LogP contribution is -2.14. The number of carbonyl (C=O) groups is 1. The van der Waals surface area contributed by atoms with E-state index in [1.165, 1.54) is 25.1 Å². The van der Waals surface area contributed by atoms with Gasteiger partial charge in [0.05, 0.1) is 26.6 Å². The molecule has 0 saturated heterocycles. The van der Waals surface area contributed by atoms with Gasteiger partial charge in [-0.2, -0.15) is 0 Å². The summed E-state index contributed by atoms with van der Waals surface area (Å²) in [6, 6.07) is 13.4. The van der Waals surface area contributed by atoms with Crippen molar-refractivity contribution in [2.24, 2.45) is 0 Å². The van der Waals surface area contributed by atoms with Crippen molar-refractivity contribution in [1.29, 1.82) is 0 Å². The molecule has 0 bridgehead atoms. The number of aromatic nitrogens is 2. The molecular formula is C21H22N4O3. The fourth-order valence-corrected chi connectivity index (χ4v) is 2.54. The fourth-order valence-electron chi connectivity index (χ4n) is 2.54. The number of carbonyl (C=O) groups excluding carboxylic acids is 1. The highest BCUT2D eigenvalue weighted by atomic mass is 16.5. The van der Waals surface area contributed by atoms with Crippen molar-refractivity contribution in [3.8, 4) is 11.5 Å². The SMILES string of the molecule is COc1ccc(NC(=O)c2cnc(NCc3ccc(C)cc3)cn2)cc1OC. The number of anilines is 2. The fraction of sp³-hybridized carbons (Fsp3) is 0.190. The molecule has 2 N–H and O–H groups in total. The zero-order valence-electron chi connectivity index (χ0n) is 16.0. The van der Waals surface area contributed by atoms with Gasteiger partial charge < -0.3 is 20.1 Å². The predicted octanol–water partition coefficient (Wildman–Crippen LogP) is 3.67. The van der Waals surface area contributed by atoms with Crippen LogP contribution >= 0.6 is 0 Å². The van der Waals surface area contributed by atoms with E-state index in [0.29, 0.717) is 29.5 Å². The van der Waals surface area contributed by atoms with Gasteiger partial charge in [0, 0.05) is 18.3 Å². The lowest BCUT2D eigenvalue weighted by atomic mass is 10.1. The first-order chi connectivity index (χ1) is 13.6. The molecule has 7 nitrogen and oxygen atoms in total. The van der Waals surface area contributed by atoms with Gasteiger partial charge in [-0.05, 0) is 24.6 Å². The number of rotatable bonds is 7. The Morgan fingerprint density at radius 3 is 2.36 bits per heavy atom. The average molecular weight is 378 g/mol. The Labute approximate surface area is 163 Å². The van der Waals surface area contributed by atoms with E-state index in [2.05, 4.69) is 51.8 Å². The summed E-state index contributed by atoms with van der Waals surface area (Å²) in [6.45, 7) is 2.68. The van der Waals surface area contributed by atoms with Crippen LogP contribution < -0.4 is 20.1 Å². The zero-order chi connectivity index (χ0) is 19.9. The molecule has 0 radical (unpaired) electrons. The van der Waals surface area contributed by atoms with Crippen LogP contribution in [0.2, 0.25) is 0 Å². The molecule has 0 atom stereocenters. The van der Waals surface area contributed by atoms with Gasteiger partial charge >= 0.3 is 0 Å². The van der Waals surface area contributed by atoms with Gasteiger partial charge in [0.25, 0.3) is 5.91 Å². The van der Waals surface area contributed by atoms with E-state index in [4.69, 9.17) is 9.47 Å². The molecule has 3 rings (SSSR count). The number of ether oxygens (including phenoxy) is 2. The molecule has 0 fully saturated rings. The summed E-state index contributed by atoms with van der Waals surface area (Å²) in [6.07, 6.45) is 2.98. The van der Waals surface area contributed by atoms with E-state index in [1.54, 1.807) is 25.3 Å². The summed E-state index contributed by atoms with van der Waals surface area (Å²) in [7, 11) is 3.09. The van der Waals surface area contributed by atoms with Crippen LogP contribution in [-0.4, -0.2) is 30.1 Å². The highest BCUT2D eigenvalue weighted by molar-refractivity contribution is 6.02. The zero-order valence-corrected chi connectivity index (χ0v) is 16.0. The molecule has 0 aliphatic carbocycles. The molecule has 1 aromatic heterocycles. The summed E-state index contributed by atoms with van der Waals surface area (Å²) >= 11 is 0. The maximum Gasteiger partial charge on any atom is 0.275 e. The minimum atomic E-state index is -0.357. The van der Waals surface area contributed by atoms with Gasteiger partial charge in [-0.3, -0.25) is 4.79 Å². The third kappa shape index (κ3) is 4.76. The Morgan fingerprint density at radius 1 is 0.964 bits per heavy atom. The van der Waals surface area contributed by atoms with Crippen molar-refractivity contribution in [3.05, 3.63) is 71.7 Å². The van der Waals surface area contributed by atoms with Crippen LogP contribution in [0, 0.1) is 6.92 Å². The normalized spacial score (nSPS) is 10.2. The largest absolute Gasteiger partial charge is 0.493 e. The molecule has 2 aromatic carbocycles. The van der Waals surface area contributed by atoms with Crippen LogP contribution in [-0.2, 0) is 6.54 Å². The van der Waals surface area contributed by atoms with Gasteiger partial charge in [-0.15, -0.1) is 0 Å². The average Bonchev–Trinajstić information content (AvgIpc) is 2.73. The Bertz CT molecular complexity index is 941. The summed E-state index contributed by atoms with van der Waals surface area (Å²) in [5, 5.41) is 5.96. The van der Waals surface area contributed by atoms with Crippen LogP contribution in [0.1, 0.15) is 21.6 Å². The van der Waals surface area contributed by atoms with Gasteiger partial charge in [0.2, 0.25) is 0 Å². The topological polar surface area (TPSA) is 85.4 Å². The number of amides is 1. The number of benzene rings is 2. The Balaban J connectivity index is 1.61. The minimum absolute atomic E-state index is 0.218. The summed E-state index contributed by atoms with van der Waals surface area (Å²) in [5.74, 6) is 1.36. The molecule has 0 saturated carbocycles. The van der Waals surface area contributed by atoms with Crippen LogP contribution in [0.3, 0.4) is 0 Å². The standard InChI is InChI=1S/C21H22N4O3/c1-14-4-6-15(7-5-14)11-23-20-13-22-17(12-24-20)21(26)25-16-8-9-18(27-2)19(10-16)28-3/h4-10,12-13H,11H2,1-3H3,(H,23,24)(H,25,26). The van der Waals surface area contributed by atoms with Crippen molar-refractivity contribution >= 4 is 17.4 Å². The molecule has 0 aliphatic heterocycles. The van der Waals surface area contributed by atoms with E-state index >= 15 is 0 Å². The summed E-state index contributed by atoms with van der Waals surface area (Å²) in [4.78, 5) is 20.8. The molecule has 0 spiro atoms. The van der Waals surface area contributed by atoms with E-state index in [0.717, 1.165) is 5.56 Å².